The third-order valence-electron chi connectivity index (χ3n) is 2.31. The summed E-state index contributed by atoms with van der Waals surface area (Å²) >= 11 is 8.56. The molecule has 0 N–H and O–H groups in total. The Labute approximate surface area is 104 Å². The minimum absolute atomic E-state index is 0.913. The number of thiazole rings is 1. The number of aromatic nitrogens is 1. The highest BCUT2D eigenvalue weighted by Crippen LogP contribution is 2.34. The average molecular weight is 341 g/mol. The van der Waals surface area contributed by atoms with Crippen LogP contribution < -0.4 is 4.90 Å². The molecule has 1 fully saturated rings. The third-order valence-corrected chi connectivity index (χ3v) is 5.44. The molecule has 1 saturated heterocycles. The van der Waals surface area contributed by atoms with E-state index >= 15 is 0 Å². The summed E-state index contributed by atoms with van der Waals surface area (Å²) in [5.74, 6) is 0. The fourth-order valence-electron chi connectivity index (χ4n) is 1.41. The van der Waals surface area contributed by atoms with Crippen molar-refractivity contribution in [2.75, 3.05) is 38.1 Å². The molecule has 2 heterocycles. The lowest BCUT2D eigenvalue weighted by Crippen LogP contribution is -2.44. The second kappa shape index (κ2) is 4.47. The van der Waals surface area contributed by atoms with E-state index in [2.05, 4.69) is 53.7 Å². The van der Waals surface area contributed by atoms with Crippen LogP contribution in [0.4, 0.5) is 5.13 Å². The molecule has 6 heteroatoms. The average Bonchev–Trinajstić information content (AvgIpc) is 2.48. The molecule has 0 aliphatic carbocycles. The third kappa shape index (κ3) is 2.29. The zero-order chi connectivity index (χ0) is 10.1. The van der Waals surface area contributed by atoms with Gasteiger partial charge in [0.2, 0.25) is 0 Å². The summed E-state index contributed by atoms with van der Waals surface area (Å²) in [5.41, 5.74) is 0. The Morgan fingerprint density at radius 1 is 1.21 bits per heavy atom. The van der Waals surface area contributed by atoms with Crippen LogP contribution in [0.3, 0.4) is 0 Å². The lowest BCUT2D eigenvalue weighted by atomic mass is 10.3. The first-order chi connectivity index (χ1) is 6.66. The topological polar surface area (TPSA) is 19.4 Å². The quantitative estimate of drug-likeness (QED) is 0.782. The summed E-state index contributed by atoms with van der Waals surface area (Å²) in [5, 5.41) is 1.11. The highest BCUT2D eigenvalue weighted by Gasteiger charge is 2.18. The Balaban J connectivity index is 2.08. The van der Waals surface area contributed by atoms with Crippen LogP contribution in [0, 0.1) is 0 Å². The molecule has 0 aromatic carbocycles. The SMILES string of the molecule is CN1CCN(c2nc(Br)c(Br)s2)CC1. The maximum absolute atomic E-state index is 4.45. The predicted molar refractivity (Wildman–Crippen MR) is 67.2 cm³/mol. The number of likely N-dealkylation sites (N-methyl/N-ethyl adjacent to an activating group) is 1. The molecule has 1 aliphatic heterocycles. The Hall–Kier alpha value is 0.350. The summed E-state index contributed by atoms with van der Waals surface area (Å²) in [6.45, 7) is 4.38. The van der Waals surface area contributed by atoms with E-state index in [0.717, 1.165) is 39.7 Å². The van der Waals surface area contributed by atoms with Crippen LogP contribution in [0.15, 0.2) is 8.39 Å². The Morgan fingerprint density at radius 2 is 1.86 bits per heavy atom. The predicted octanol–water partition coefficient (Wildman–Crippen LogP) is 2.42. The van der Waals surface area contributed by atoms with E-state index < -0.39 is 0 Å². The number of nitrogens with zero attached hydrogens (tertiary/aromatic N) is 3. The van der Waals surface area contributed by atoms with Crippen molar-refractivity contribution in [3.8, 4) is 0 Å². The van der Waals surface area contributed by atoms with E-state index in [1.807, 2.05) is 0 Å². The summed E-state index contributed by atoms with van der Waals surface area (Å²) in [4.78, 5) is 9.13. The maximum atomic E-state index is 4.45. The molecule has 1 aliphatic rings. The Kier molecular flexibility index (Phi) is 3.46. The van der Waals surface area contributed by atoms with Crippen molar-refractivity contribution in [3.63, 3.8) is 0 Å². The molecule has 0 unspecified atom stereocenters. The molecule has 0 spiro atoms. The van der Waals surface area contributed by atoms with E-state index in [0.29, 0.717) is 0 Å². The zero-order valence-electron chi connectivity index (χ0n) is 7.83. The van der Waals surface area contributed by atoms with Crippen molar-refractivity contribution in [2.24, 2.45) is 0 Å². The van der Waals surface area contributed by atoms with Crippen molar-refractivity contribution in [3.05, 3.63) is 8.39 Å². The van der Waals surface area contributed by atoms with E-state index in [4.69, 9.17) is 0 Å². The van der Waals surface area contributed by atoms with Gasteiger partial charge in [-0.1, -0.05) is 11.3 Å². The first-order valence-corrected chi connectivity index (χ1v) is 6.82. The number of piperazine rings is 1. The fourth-order valence-corrected chi connectivity index (χ4v) is 3.20. The maximum Gasteiger partial charge on any atom is 0.187 e. The smallest absolute Gasteiger partial charge is 0.187 e. The molecular formula is C8H11Br2N3S. The van der Waals surface area contributed by atoms with Gasteiger partial charge in [-0.3, -0.25) is 0 Å². The largest absolute Gasteiger partial charge is 0.345 e. The van der Waals surface area contributed by atoms with Crippen LogP contribution in [0.5, 0.6) is 0 Å². The summed E-state index contributed by atoms with van der Waals surface area (Å²) in [7, 11) is 2.16. The normalized spacial score (nSPS) is 18.9. The Bertz CT molecular complexity index is 301. The molecule has 0 amide bonds. The molecule has 78 valence electrons. The number of rotatable bonds is 1. The van der Waals surface area contributed by atoms with Gasteiger partial charge < -0.3 is 9.80 Å². The summed E-state index contributed by atoms with van der Waals surface area (Å²) < 4.78 is 1.99. The van der Waals surface area contributed by atoms with Gasteiger partial charge in [0.25, 0.3) is 0 Å². The second-order valence-electron chi connectivity index (χ2n) is 3.35. The van der Waals surface area contributed by atoms with Gasteiger partial charge >= 0.3 is 0 Å². The molecule has 0 radical (unpaired) electrons. The highest BCUT2D eigenvalue weighted by molar-refractivity contribution is 9.13. The van der Waals surface area contributed by atoms with Crippen LogP contribution in [-0.4, -0.2) is 43.1 Å². The standard InChI is InChI=1S/C8H11Br2N3S/c1-12-2-4-13(5-3-12)8-11-6(9)7(10)14-8/h2-5H2,1H3. The zero-order valence-corrected chi connectivity index (χ0v) is 11.8. The van der Waals surface area contributed by atoms with Crippen molar-refractivity contribution < 1.29 is 0 Å². The van der Waals surface area contributed by atoms with Gasteiger partial charge in [-0.25, -0.2) is 4.98 Å². The van der Waals surface area contributed by atoms with Gasteiger partial charge in [0.1, 0.15) is 8.39 Å². The molecule has 2 rings (SSSR count). The molecule has 1 aromatic rings. The molecule has 14 heavy (non-hydrogen) atoms. The van der Waals surface area contributed by atoms with Gasteiger partial charge in [0.15, 0.2) is 5.13 Å². The first-order valence-electron chi connectivity index (χ1n) is 4.42. The van der Waals surface area contributed by atoms with Crippen LogP contribution in [0.1, 0.15) is 0 Å². The van der Waals surface area contributed by atoms with Crippen LogP contribution in [0.2, 0.25) is 0 Å². The van der Waals surface area contributed by atoms with Gasteiger partial charge in [0.05, 0.1) is 0 Å². The van der Waals surface area contributed by atoms with Gasteiger partial charge in [-0.2, -0.15) is 0 Å². The molecule has 3 nitrogen and oxygen atoms in total. The highest BCUT2D eigenvalue weighted by atomic mass is 79.9. The minimum atomic E-state index is 0.913. The van der Waals surface area contributed by atoms with E-state index in [-0.39, 0.29) is 0 Å². The first kappa shape index (κ1) is 10.9. The molecule has 1 aromatic heterocycles. The van der Waals surface area contributed by atoms with Crippen LogP contribution in [0.25, 0.3) is 0 Å². The van der Waals surface area contributed by atoms with Crippen LogP contribution in [-0.2, 0) is 0 Å². The fraction of sp³-hybridized carbons (Fsp3) is 0.625. The van der Waals surface area contributed by atoms with E-state index in [1.165, 1.54) is 0 Å². The number of hydrogen-bond donors (Lipinski definition) is 0. The second-order valence-corrected chi connectivity index (χ2v) is 6.40. The molecule has 0 saturated carbocycles. The van der Waals surface area contributed by atoms with Crippen LogP contribution >= 0.6 is 43.2 Å². The minimum Gasteiger partial charge on any atom is -0.345 e. The lowest BCUT2D eigenvalue weighted by molar-refractivity contribution is 0.312. The van der Waals surface area contributed by atoms with E-state index in [1.54, 1.807) is 11.3 Å². The van der Waals surface area contributed by atoms with Crippen molar-refractivity contribution in [2.45, 2.75) is 0 Å². The van der Waals surface area contributed by atoms with Crippen molar-refractivity contribution >= 4 is 48.3 Å². The number of hydrogen-bond acceptors (Lipinski definition) is 4. The van der Waals surface area contributed by atoms with E-state index in [9.17, 15) is 0 Å². The van der Waals surface area contributed by atoms with Gasteiger partial charge in [-0.15, -0.1) is 0 Å². The molecule has 0 bridgehead atoms. The van der Waals surface area contributed by atoms with Crippen molar-refractivity contribution in [1.29, 1.82) is 0 Å². The molecular weight excluding hydrogens is 330 g/mol. The lowest BCUT2D eigenvalue weighted by Gasteiger charge is -2.31. The summed E-state index contributed by atoms with van der Waals surface area (Å²) in [6, 6.07) is 0. The number of halogens is 2. The molecule has 0 atom stereocenters. The van der Waals surface area contributed by atoms with Crippen molar-refractivity contribution in [1.82, 2.24) is 9.88 Å². The monoisotopic (exact) mass is 339 g/mol. The Morgan fingerprint density at radius 3 is 2.36 bits per heavy atom. The van der Waals surface area contributed by atoms with Gasteiger partial charge in [0, 0.05) is 26.2 Å². The van der Waals surface area contributed by atoms with Gasteiger partial charge in [-0.05, 0) is 38.9 Å². The number of anilines is 1. The summed E-state index contributed by atoms with van der Waals surface area (Å²) in [6.07, 6.45) is 0.